The van der Waals surface area contributed by atoms with E-state index >= 15 is 0 Å². The zero-order valence-corrected chi connectivity index (χ0v) is 19.0. The van der Waals surface area contributed by atoms with Crippen LogP contribution in [-0.4, -0.2) is 44.2 Å². The molecule has 0 aliphatic heterocycles. The van der Waals surface area contributed by atoms with Crippen LogP contribution in [0.3, 0.4) is 0 Å². The molecular formula is C24H28N2O4S. The van der Waals surface area contributed by atoms with Crippen LogP contribution in [0.4, 0.5) is 0 Å². The van der Waals surface area contributed by atoms with Crippen molar-refractivity contribution in [2.24, 2.45) is 0 Å². The van der Waals surface area contributed by atoms with E-state index in [1.165, 1.54) is 28.8 Å². The molecule has 164 valence electrons. The van der Waals surface area contributed by atoms with Gasteiger partial charge in [-0.2, -0.15) is 12.7 Å². The van der Waals surface area contributed by atoms with Gasteiger partial charge in [-0.15, -0.1) is 0 Å². The monoisotopic (exact) mass is 440 g/mol. The smallest absolute Gasteiger partial charge is 0.308 e. The van der Waals surface area contributed by atoms with Crippen molar-refractivity contribution < 1.29 is 17.9 Å². The van der Waals surface area contributed by atoms with E-state index < -0.39 is 10.2 Å². The molecule has 1 heterocycles. The van der Waals surface area contributed by atoms with E-state index in [4.69, 9.17) is 4.74 Å². The number of carbonyl (C=O) groups excluding carboxylic acids is 1. The van der Waals surface area contributed by atoms with E-state index in [0.717, 1.165) is 42.9 Å². The Bertz CT molecular complexity index is 1220. The van der Waals surface area contributed by atoms with Gasteiger partial charge in [0, 0.05) is 30.6 Å². The molecule has 0 amide bonds. The van der Waals surface area contributed by atoms with Gasteiger partial charge in [0.15, 0.2) is 6.29 Å². The Morgan fingerprint density at radius 1 is 1.06 bits per heavy atom. The Morgan fingerprint density at radius 2 is 1.77 bits per heavy atom. The number of carbonyl (C=O) groups is 1. The van der Waals surface area contributed by atoms with Crippen molar-refractivity contribution in [3.63, 3.8) is 0 Å². The molecule has 1 saturated carbocycles. The third kappa shape index (κ3) is 3.66. The fourth-order valence-electron chi connectivity index (χ4n) is 4.68. The quantitative estimate of drug-likeness (QED) is 0.515. The topological polar surface area (TPSA) is 68.6 Å². The number of hydrogen-bond acceptors (Lipinski definition) is 4. The normalized spacial score (nSPS) is 15.5. The lowest BCUT2D eigenvalue weighted by Gasteiger charge is -2.24. The van der Waals surface area contributed by atoms with Crippen LogP contribution in [0.5, 0.6) is 5.75 Å². The summed E-state index contributed by atoms with van der Waals surface area (Å²) in [5, 5.41) is 0.933. The first-order chi connectivity index (χ1) is 14.9. The van der Waals surface area contributed by atoms with Gasteiger partial charge in [-0.05, 0) is 48.6 Å². The molecule has 4 rings (SSSR count). The summed E-state index contributed by atoms with van der Waals surface area (Å²) in [5.74, 6) is 0.803. The van der Waals surface area contributed by atoms with Crippen LogP contribution in [0.15, 0.2) is 42.5 Å². The Hall–Kier alpha value is -2.64. The first-order valence-electron chi connectivity index (χ1n) is 10.6. The highest BCUT2D eigenvalue weighted by Crippen LogP contribution is 2.45. The molecule has 3 aromatic rings. The molecule has 0 unspecified atom stereocenters. The van der Waals surface area contributed by atoms with Gasteiger partial charge in [-0.25, -0.2) is 3.97 Å². The zero-order valence-electron chi connectivity index (χ0n) is 18.2. The van der Waals surface area contributed by atoms with Crippen LogP contribution in [0.1, 0.15) is 53.9 Å². The maximum absolute atomic E-state index is 13.5. The maximum Gasteiger partial charge on any atom is 0.308 e. The molecule has 0 N–H and O–H groups in total. The molecule has 0 saturated heterocycles. The lowest BCUT2D eigenvalue weighted by Crippen LogP contribution is -2.29. The zero-order chi connectivity index (χ0) is 22.2. The van der Waals surface area contributed by atoms with Crippen LogP contribution in [-0.2, 0) is 10.2 Å². The fourth-order valence-corrected chi connectivity index (χ4v) is 5.84. The molecule has 2 aromatic carbocycles. The Kier molecular flexibility index (Phi) is 5.90. The van der Waals surface area contributed by atoms with Gasteiger partial charge in [0.2, 0.25) is 0 Å². The lowest BCUT2D eigenvalue weighted by molar-refractivity contribution is 0.112. The van der Waals surface area contributed by atoms with E-state index in [1.54, 1.807) is 25.3 Å². The summed E-state index contributed by atoms with van der Waals surface area (Å²) in [7, 11) is 0.769. The molecule has 0 atom stereocenters. The number of para-hydroxylation sites is 1. The lowest BCUT2D eigenvalue weighted by atomic mass is 9.81. The summed E-state index contributed by atoms with van der Waals surface area (Å²) in [6, 6.07) is 12.9. The van der Waals surface area contributed by atoms with Crippen molar-refractivity contribution >= 4 is 27.4 Å². The van der Waals surface area contributed by atoms with Gasteiger partial charge in [0.25, 0.3) is 0 Å². The summed E-state index contributed by atoms with van der Waals surface area (Å²) < 4.78 is 35.0. The van der Waals surface area contributed by atoms with Crippen molar-refractivity contribution in [3.8, 4) is 17.0 Å². The van der Waals surface area contributed by atoms with Gasteiger partial charge in [-0.3, -0.25) is 4.79 Å². The van der Waals surface area contributed by atoms with Crippen molar-refractivity contribution in [1.29, 1.82) is 0 Å². The summed E-state index contributed by atoms with van der Waals surface area (Å²) >= 11 is 0. The molecule has 1 fully saturated rings. The number of nitrogens with zero attached hydrogens (tertiary/aromatic N) is 2. The standard InChI is InChI=1S/C24H28N2O4S/c1-25(2)31(28,29)26-22-12-8-7-11-21(22)23(17-9-5-4-6-10-17)24(26)20-14-13-19(30-3)15-18(20)16-27/h7-8,11-17H,4-6,9-10H2,1-3H3. The fraction of sp³-hybridized carbons (Fsp3) is 0.375. The van der Waals surface area contributed by atoms with E-state index in [0.29, 0.717) is 28.1 Å². The highest BCUT2D eigenvalue weighted by molar-refractivity contribution is 7.87. The van der Waals surface area contributed by atoms with E-state index in [2.05, 4.69) is 0 Å². The molecule has 7 heteroatoms. The van der Waals surface area contributed by atoms with Gasteiger partial charge < -0.3 is 4.74 Å². The summed E-state index contributed by atoms with van der Waals surface area (Å²) in [4.78, 5) is 12.0. The summed E-state index contributed by atoms with van der Waals surface area (Å²) in [6.45, 7) is 0. The molecule has 6 nitrogen and oxygen atoms in total. The minimum atomic E-state index is -3.84. The van der Waals surface area contributed by atoms with Crippen LogP contribution >= 0.6 is 0 Å². The predicted octanol–water partition coefficient (Wildman–Crippen LogP) is 4.83. The third-order valence-corrected chi connectivity index (χ3v) is 7.98. The average Bonchev–Trinajstić information content (AvgIpc) is 3.14. The number of aromatic nitrogens is 1. The molecule has 1 aliphatic carbocycles. The predicted molar refractivity (Wildman–Crippen MR) is 123 cm³/mol. The number of aldehydes is 1. The minimum absolute atomic E-state index is 0.244. The molecule has 0 bridgehead atoms. The number of hydrogen-bond donors (Lipinski definition) is 0. The second-order valence-electron chi connectivity index (χ2n) is 8.24. The third-order valence-electron chi connectivity index (χ3n) is 6.22. The number of benzene rings is 2. The average molecular weight is 441 g/mol. The van der Waals surface area contributed by atoms with Gasteiger partial charge in [-0.1, -0.05) is 37.5 Å². The van der Waals surface area contributed by atoms with Crippen LogP contribution < -0.4 is 4.74 Å². The molecular weight excluding hydrogens is 412 g/mol. The highest BCUT2D eigenvalue weighted by atomic mass is 32.2. The molecule has 1 aliphatic rings. The minimum Gasteiger partial charge on any atom is -0.497 e. The van der Waals surface area contributed by atoms with E-state index in [-0.39, 0.29) is 5.92 Å². The Balaban J connectivity index is 2.15. The maximum atomic E-state index is 13.5. The van der Waals surface area contributed by atoms with Crippen LogP contribution in [0, 0.1) is 0 Å². The van der Waals surface area contributed by atoms with Crippen molar-refractivity contribution in [3.05, 3.63) is 53.6 Å². The van der Waals surface area contributed by atoms with E-state index in [1.807, 2.05) is 24.3 Å². The van der Waals surface area contributed by atoms with Crippen LogP contribution in [0.2, 0.25) is 0 Å². The van der Waals surface area contributed by atoms with Crippen LogP contribution in [0.25, 0.3) is 22.2 Å². The first kappa shape index (κ1) is 21.6. The second kappa shape index (κ2) is 8.48. The largest absolute Gasteiger partial charge is 0.497 e. The molecule has 31 heavy (non-hydrogen) atoms. The Morgan fingerprint density at radius 3 is 2.42 bits per heavy atom. The first-order valence-corrected chi connectivity index (χ1v) is 12.0. The summed E-state index contributed by atoms with van der Waals surface area (Å²) in [5.41, 5.74) is 3.27. The molecule has 1 aromatic heterocycles. The van der Waals surface area contributed by atoms with Gasteiger partial charge in [0.05, 0.1) is 18.3 Å². The van der Waals surface area contributed by atoms with Crippen molar-refractivity contribution in [1.82, 2.24) is 8.28 Å². The van der Waals surface area contributed by atoms with E-state index in [9.17, 15) is 13.2 Å². The SMILES string of the molecule is COc1ccc(-c2c(C3CCCCC3)c3ccccc3n2S(=O)(=O)N(C)C)c(C=O)c1. The molecule has 0 spiro atoms. The number of rotatable bonds is 6. The Labute approximate surface area is 183 Å². The van der Waals surface area contributed by atoms with Gasteiger partial charge in [0.1, 0.15) is 5.75 Å². The number of ether oxygens (including phenoxy) is 1. The number of methoxy groups -OCH3 is 1. The second-order valence-corrected chi connectivity index (χ2v) is 10.2. The van der Waals surface area contributed by atoms with Gasteiger partial charge >= 0.3 is 10.2 Å². The number of fused-ring (bicyclic) bond motifs is 1. The van der Waals surface area contributed by atoms with Crippen molar-refractivity contribution in [2.75, 3.05) is 21.2 Å². The summed E-state index contributed by atoms with van der Waals surface area (Å²) in [6.07, 6.45) is 6.22. The van der Waals surface area contributed by atoms with Crippen molar-refractivity contribution in [2.45, 2.75) is 38.0 Å². The molecule has 0 radical (unpaired) electrons. The highest BCUT2D eigenvalue weighted by Gasteiger charge is 2.32.